The van der Waals surface area contributed by atoms with E-state index >= 15 is 0 Å². The molecule has 6 nitrogen and oxygen atoms in total. The van der Waals surface area contributed by atoms with Gasteiger partial charge in [0, 0.05) is 18.3 Å². The van der Waals surface area contributed by atoms with Gasteiger partial charge < -0.3 is 10.3 Å². The summed E-state index contributed by atoms with van der Waals surface area (Å²) in [4.78, 5) is 4.12. The van der Waals surface area contributed by atoms with Crippen LogP contribution in [-0.4, -0.2) is 19.9 Å². The number of aromatic nitrogens is 4. The Morgan fingerprint density at radius 2 is 2.17 bits per heavy atom. The Labute approximate surface area is 103 Å². The molecule has 0 radical (unpaired) electrons. The molecule has 0 aromatic carbocycles. The molecule has 0 aliphatic heterocycles. The van der Waals surface area contributed by atoms with Crippen LogP contribution in [0.15, 0.2) is 29.1 Å². The summed E-state index contributed by atoms with van der Waals surface area (Å²) >= 11 is 0. The van der Waals surface area contributed by atoms with Crippen LogP contribution in [0.4, 0.5) is 5.82 Å². The van der Waals surface area contributed by atoms with Crippen LogP contribution in [0, 0.1) is 0 Å². The predicted molar refractivity (Wildman–Crippen MR) is 67.8 cm³/mol. The number of anilines is 1. The number of hydrogen-bond acceptors (Lipinski definition) is 5. The van der Waals surface area contributed by atoms with Crippen LogP contribution in [0.1, 0.15) is 19.9 Å². The molecule has 0 unspecified atom stereocenters. The van der Waals surface area contributed by atoms with Crippen molar-refractivity contribution in [3.05, 3.63) is 24.6 Å². The topological polar surface area (TPSA) is 82.8 Å². The Kier molecular flexibility index (Phi) is 2.29. The SMILES string of the molecule is CC(C)n1nc(-c2ccon2)c2c(N)nccc21. The van der Waals surface area contributed by atoms with Crippen LogP contribution < -0.4 is 5.73 Å². The van der Waals surface area contributed by atoms with Gasteiger partial charge in [-0.15, -0.1) is 0 Å². The number of fused-ring (bicyclic) bond motifs is 1. The molecule has 92 valence electrons. The normalized spacial score (nSPS) is 11.5. The zero-order valence-electron chi connectivity index (χ0n) is 10.2. The molecule has 0 saturated carbocycles. The minimum Gasteiger partial charge on any atom is -0.383 e. The van der Waals surface area contributed by atoms with E-state index in [0.717, 1.165) is 10.9 Å². The van der Waals surface area contributed by atoms with Gasteiger partial charge in [-0.3, -0.25) is 4.68 Å². The molecule has 0 saturated heterocycles. The number of nitrogens with zero attached hydrogens (tertiary/aromatic N) is 4. The molecule has 0 fully saturated rings. The van der Waals surface area contributed by atoms with E-state index < -0.39 is 0 Å². The molecule has 3 rings (SSSR count). The highest BCUT2D eigenvalue weighted by Gasteiger charge is 2.18. The third-order valence-electron chi connectivity index (χ3n) is 2.82. The van der Waals surface area contributed by atoms with Crippen LogP contribution in [0.25, 0.3) is 22.3 Å². The van der Waals surface area contributed by atoms with Crippen molar-refractivity contribution in [3.63, 3.8) is 0 Å². The van der Waals surface area contributed by atoms with E-state index in [0.29, 0.717) is 17.2 Å². The second-order valence-electron chi connectivity index (χ2n) is 4.36. The largest absolute Gasteiger partial charge is 0.383 e. The summed E-state index contributed by atoms with van der Waals surface area (Å²) in [5, 5.41) is 9.30. The van der Waals surface area contributed by atoms with Crippen molar-refractivity contribution in [3.8, 4) is 11.4 Å². The standard InChI is InChI=1S/C12H13N5O/c1-7(2)17-9-3-5-14-12(13)10(9)11(15-17)8-4-6-18-16-8/h3-7H,1-2H3,(H2,13,14). The molecule has 0 atom stereocenters. The molecule has 0 amide bonds. The van der Waals surface area contributed by atoms with Crippen LogP contribution in [0.5, 0.6) is 0 Å². The third-order valence-corrected chi connectivity index (χ3v) is 2.82. The minimum atomic E-state index is 0.231. The maximum Gasteiger partial charge on any atom is 0.135 e. The van der Waals surface area contributed by atoms with Crippen molar-refractivity contribution < 1.29 is 4.52 Å². The molecule has 6 heteroatoms. The second kappa shape index (κ2) is 3.83. The van der Waals surface area contributed by atoms with Crippen LogP contribution >= 0.6 is 0 Å². The average molecular weight is 243 g/mol. The highest BCUT2D eigenvalue weighted by atomic mass is 16.5. The number of pyridine rings is 1. The average Bonchev–Trinajstić information content (AvgIpc) is 2.95. The number of rotatable bonds is 2. The first kappa shape index (κ1) is 10.8. The van der Waals surface area contributed by atoms with E-state index in [1.165, 1.54) is 6.26 Å². The van der Waals surface area contributed by atoms with Gasteiger partial charge in [-0.2, -0.15) is 5.10 Å². The maximum absolute atomic E-state index is 5.95. The fraction of sp³-hybridized carbons (Fsp3) is 0.250. The van der Waals surface area contributed by atoms with Crippen molar-refractivity contribution in [2.45, 2.75) is 19.9 Å². The summed E-state index contributed by atoms with van der Waals surface area (Å²) in [7, 11) is 0. The third kappa shape index (κ3) is 1.46. The summed E-state index contributed by atoms with van der Waals surface area (Å²) in [5.41, 5.74) is 8.28. The zero-order valence-corrected chi connectivity index (χ0v) is 10.2. The Hall–Kier alpha value is -2.37. The van der Waals surface area contributed by atoms with Crippen molar-refractivity contribution in [1.82, 2.24) is 19.9 Å². The van der Waals surface area contributed by atoms with E-state index in [9.17, 15) is 0 Å². The van der Waals surface area contributed by atoms with Gasteiger partial charge in [0.15, 0.2) is 0 Å². The fourth-order valence-electron chi connectivity index (χ4n) is 2.02. The van der Waals surface area contributed by atoms with Gasteiger partial charge in [0.25, 0.3) is 0 Å². The van der Waals surface area contributed by atoms with Crippen molar-refractivity contribution in [2.24, 2.45) is 0 Å². The zero-order chi connectivity index (χ0) is 12.7. The summed E-state index contributed by atoms with van der Waals surface area (Å²) in [5.74, 6) is 0.456. The van der Waals surface area contributed by atoms with Gasteiger partial charge in [0.2, 0.25) is 0 Å². The molecular formula is C12H13N5O. The highest BCUT2D eigenvalue weighted by Crippen LogP contribution is 2.31. The number of nitrogen functional groups attached to an aromatic ring is 1. The molecule has 2 N–H and O–H groups in total. The fourth-order valence-corrected chi connectivity index (χ4v) is 2.02. The summed E-state index contributed by atoms with van der Waals surface area (Å²) in [6.07, 6.45) is 3.20. The lowest BCUT2D eigenvalue weighted by molar-refractivity contribution is 0.422. The van der Waals surface area contributed by atoms with Crippen LogP contribution in [-0.2, 0) is 0 Å². The Morgan fingerprint density at radius 3 is 2.83 bits per heavy atom. The van der Waals surface area contributed by atoms with Crippen LogP contribution in [0.2, 0.25) is 0 Å². The lowest BCUT2D eigenvalue weighted by atomic mass is 10.2. The molecule has 0 spiro atoms. The summed E-state index contributed by atoms with van der Waals surface area (Å²) in [6, 6.07) is 3.90. The smallest absolute Gasteiger partial charge is 0.135 e. The van der Waals surface area contributed by atoms with Gasteiger partial charge in [0.05, 0.1) is 10.9 Å². The predicted octanol–water partition coefficient (Wildman–Crippen LogP) is 2.25. The van der Waals surface area contributed by atoms with Gasteiger partial charge in [-0.25, -0.2) is 4.98 Å². The van der Waals surface area contributed by atoms with Gasteiger partial charge in [-0.05, 0) is 19.9 Å². The lowest BCUT2D eigenvalue weighted by Gasteiger charge is -2.06. The molecule has 0 aliphatic carbocycles. The van der Waals surface area contributed by atoms with Crippen molar-refractivity contribution in [2.75, 3.05) is 5.73 Å². The first-order chi connectivity index (χ1) is 8.68. The quantitative estimate of drug-likeness (QED) is 0.746. The van der Waals surface area contributed by atoms with E-state index in [1.807, 2.05) is 10.7 Å². The molecular weight excluding hydrogens is 230 g/mol. The Bertz CT molecular complexity index is 684. The molecule has 3 aromatic rings. The van der Waals surface area contributed by atoms with E-state index in [1.54, 1.807) is 12.3 Å². The molecule has 18 heavy (non-hydrogen) atoms. The number of nitrogens with two attached hydrogens (primary N) is 1. The van der Waals surface area contributed by atoms with Crippen LogP contribution in [0.3, 0.4) is 0 Å². The minimum absolute atomic E-state index is 0.231. The summed E-state index contributed by atoms with van der Waals surface area (Å²) in [6.45, 7) is 4.13. The van der Waals surface area contributed by atoms with Crippen molar-refractivity contribution in [1.29, 1.82) is 0 Å². The Balaban J connectivity index is 2.39. The molecule has 3 heterocycles. The van der Waals surface area contributed by atoms with Gasteiger partial charge >= 0.3 is 0 Å². The molecule has 0 aliphatic rings. The van der Waals surface area contributed by atoms with Crippen molar-refractivity contribution >= 4 is 16.7 Å². The number of hydrogen-bond donors (Lipinski definition) is 1. The molecule has 0 bridgehead atoms. The molecule has 3 aromatic heterocycles. The summed E-state index contributed by atoms with van der Waals surface area (Å²) < 4.78 is 6.78. The van der Waals surface area contributed by atoms with E-state index in [2.05, 4.69) is 29.1 Å². The lowest BCUT2D eigenvalue weighted by Crippen LogP contribution is -2.02. The highest BCUT2D eigenvalue weighted by molar-refractivity contribution is 5.99. The van der Waals surface area contributed by atoms with Gasteiger partial charge in [0.1, 0.15) is 23.5 Å². The Morgan fingerprint density at radius 1 is 1.33 bits per heavy atom. The van der Waals surface area contributed by atoms with E-state index in [4.69, 9.17) is 10.3 Å². The maximum atomic E-state index is 5.95. The van der Waals surface area contributed by atoms with E-state index in [-0.39, 0.29) is 6.04 Å². The first-order valence-corrected chi connectivity index (χ1v) is 5.72. The second-order valence-corrected chi connectivity index (χ2v) is 4.36. The van der Waals surface area contributed by atoms with Gasteiger partial charge in [-0.1, -0.05) is 5.16 Å². The monoisotopic (exact) mass is 243 g/mol. The first-order valence-electron chi connectivity index (χ1n) is 5.72.